The molecule has 0 saturated carbocycles. The number of benzene rings is 1. The van der Waals surface area contributed by atoms with Gasteiger partial charge in [-0.3, -0.25) is 9.67 Å². The number of nitrogens with zero attached hydrogens (tertiary/aromatic N) is 5. The first-order chi connectivity index (χ1) is 17.1. The minimum absolute atomic E-state index is 0.237. The third kappa shape index (κ3) is 4.59. The van der Waals surface area contributed by atoms with E-state index in [-0.39, 0.29) is 6.09 Å². The number of carbonyl (C=O) groups excluding carboxylic acids is 1. The standard InChI is InChI=1S/C28H33N5O3/c1-17-25-19(16-32(5)31-25)15-20(26(17)35-6)22-8-10-23-24(30-22)9-7-21(29-23)18-11-13-33(14-12-18)27(34)36-28(2,3)4/h7-10,15-16,18H,11-14H2,1-6H3. The van der Waals surface area contributed by atoms with Crippen LogP contribution in [0.4, 0.5) is 4.79 Å². The van der Waals surface area contributed by atoms with Gasteiger partial charge in [-0.25, -0.2) is 9.78 Å². The first-order valence-electron chi connectivity index (χ1n) is 12.4. The summed E-state index contributed by atoms with van der Waals surface area (Å²) in [6.07, 6.45) is 3.50. The highest BCUT2D eigenvalue weighted by molar-refractivity contribution is 5.91. The van der Waals surface area contributed by atoms with E-state index in [9.17, 15) is 4.79 Å². The van der Waals surface area contributed by atoms with E-state index in [1.807, 2.05) is 63.8 Å². The molecule has 4 heterocycles. The molecule has 4 aromatic rings. The van der Waals surface area contributed by atoms with Gasteiger partial charge in [0.25, 0.3) is 0 Å². The minimum Gasteiger partial charge on any atom is -0.496 e. The Morgan fingerprint density at radius 1 is 1.06 bits per heavy atom. The van der Waals surface area contributed by atoms with Gasteiger partial charge < -0.3 is 14.4 Å². The second kappa shape index (κ2) is 9.08. The van der Waals surface area contributed by atoms with Crippen LogP contribution in [0.1, 0.15) is 50.8 Å². The molecule has 0 radical (unpaired) electrons. The molecule has 0 atom stereocenters. The van der Waals surface area contributed by atoms with Crippen molar-refractivity contribution in [2.75, 3.05) is 20.2 Å². The van der Waals surface area contributed by atoms with Crippen LogP contribution < -0.4 is 4.74 Å². The lowest BCUT2D eigenvalue weighted by Gasteiger charge is -2.33. The molecule has 8 heteroatoms. The summed E-state index contributed by atoms with van der Waals surface area (Å²) in [6.45, 7) is 9.05. The minimum atomic E-state index is -0.480. The van der Waals surface area contributed by atoms with Crippen molar-refractivity contribution in [1.82, 2.24) is 24.6 Å². The van der Waals surface area contributed by atoms with Crippen LogP contribution in [0.2, 0.25) is 0 Å². The molecule has 0 bridgehead atoms. The molecule has 0 N–H and O–H groups in total. The van der Waals surface area contributed by atoms with Gasteiger partial charge in [0.2, 0.25) is 0 Å². The van der Waals surface area contributed by atoms with Gasteiger partial charge in [0.05, 0.1) is 29.4 Å². The molecule has 1 fully saturated rings. The highest BCUT2D eigenvalue weighted by Crippen LogP contribution is 2.37. The lowest BCUT2D eigenvalue weighted by atomic mass is 9.93. The summed E-state index contributed by atoms with van der Waals surface area (Å²) in [5, 5.41) is 5.62. The average Bonchev–Trinajstić information content (AvgIpc) is 3.23. The van der Waals surface area contributed by atoms with Crippen molar-refractivity contribution in [2.24, 2.45) is 7.05 Å². The number of hydrogen-bond donors (Lipinski definition) is 0. The summed E-state index contributed by atoms with van der Waals surface area (Å²) in [5.41, 5.74) is 5.99. The molecule has 0 unspecified atom stereocenters. The maximum atomic E-state index is 12.4. The Balaban J connectivity index is 1.38. The zero-order chi connectivity index (χ0) is 25.6. The Morgan fingerprint density at radius 2 is 1.75 bits per heavy atom. The van der Waals surface area contributed by atoms with Crippen molar-refractivity contribution >= 4 is 28.0 Å². The Bertz CT molecular complexity index is 1450. The second-order valence-electron chi connectivity index (χ2n) is 10.5. The summed E-state index contributed by atoms with van der Waals surface area (Å²) in [7, 11) is 3.61. The molecule has 1 aromatic carbocycles. The van der Waals surface area contributed by atoms with Crippen molar-refractivity contribution in [3.05, 3.63) is 47.8 Å². The number of aromatic nitrogens is 4. The predicted molar refractivity (Wildman–Crippen MR) is 140 cm³/mol. The van der Waals surface area contributed by atoms with Gasteiger partial charge in [-0.15, -0.1) is 0 Å². The number of hydrogen-bond acceptors (Lipinski definition) is 6. The molecule has 0 aliphatic carbocycles. The Kier molecular flexibility index (Phi) is 6.06. The molecule has 0 spiro atoms. The fourth-order valence-corrected chi connectivity index (χ4v) is 4.97. The Hall–Kier alpha value is -3.68. The van der Waals surface area contributed by atoms with E-state index >= 15 is 0 Å². The van der Waals surface area contributed by atoms with E-state index in [0.717, 1.165) is 63.0 Å². The van der Waals surface area contributed by atoms with Gasteiger partial charge in [-0.2, -0.15) is 5.10 Å². The lowest BCUT2D eigenvalue weighted by Crippen LogP contribution is -2.41. The van der Waals surface area contributed by atoms with Crippen LogP contribution in [0.5, 0.6) is 5.75 Å². The molecule has 188 valence electrons. The normalized spacial score (nSPS) is 15.0. The molecular formula is C28H33N5O3. The maximum Gasteiger partial charge on any atom is 0.410 e. The molecular weight excluding hydrogens is 454 g/mol. The number of carbonyl (C=O) groups is 1. The summed E-state index contributed by atoms with van der Waals surface area (Å²) >= 11 is 0. The van der Waals surface area contributed by atoms with Gasteiger partial charge in [-0.1, -0.05) is 0 Å². The third-order valence-corrected chi connectivity index (χ3v) is 6.71. The van der Waals surface area contributed by atoms with Crippen LogP contribution in [-0.4, -0.2) is 56.5 Å². The van der Waals surface area contributed by atoms with E-state index in [4.69, 9.17) is 19.4 Å². The fraction of sp³-hybridized carbons (Fsp3) is 0.429. The van der Waals surface area contributed by atoms with Crippen molar-refractivity contribution in [1.29, 1.82) is 0 Å². The highest BCUT2D eigenvalue weighted by Gasteiger charge is 2.28. The molecule has 1 aliphatic heterocycles. The number of piperidine rings is 1. The highest BCUT2D eigenvalue weighted by atomic mass is 16.6. The summed E-state index contributed by atoms with van der Waals surface area (Å²) in [4.78, 5) is 24.0. The predicted octanol–water partition coefficient (Wildman–Crippen LogP) is 5.62. The second-order valence-corrected chi connectivity index (χ2v) is 10.5. The van der Waals surface area contributed by atoms with Gasteiger partial charge in [0, 0.05) is 54.5 Å². The smallest absolute Gasteiger partial charge is 0.410 e. The zero-order valence-corrected chi connectivity index (χ0v) is 21.8. The van der Waals surface area contributed by atoms with Crippen molar-refractivity contribution < 1.29 is 14.3 Å². The molecule has 3 aromatic heterocycles. The van der Waals surface area contributed by atoms with Crippen LogP contribution >= 0.6 is 0 Å². The maximum absolute atomic E-state index is 12.4. The van der Waals surface area contributed by atoms with E-state index in [1.54, 1.807) is 12.0 Å². The largest absolute Gasteiger partial charge is 0.496 e. The Morgan fingerprint density at radius 3 is 2.44 bits per heavy atom. The van der Waals surface area contributed by atoms with Gasteiger partial charge in [0.15, 0.2) is 0 Å². The number of ether oxygens (including phenoxy) is 2. The zero-order valence-electron chi connectivity index (χ0n) is 21.8. The summed E-state index contributed by atoms with van der Waals surface area (Å²) < 4.78 is 13.1. The van der Waals surface area contributed by atoms with Gasteiger partial charge >= 0.3 is 6.09 Å². The topological polar surface area (TPSA) is 82.4 Å². The number of likely N-dealkylation sites (tertiary alicyclic amines) is 1. The number of rotatable bonds is 3. The molecule has 5 rings (SSSR count). The van der Waals surface area contributed by atoms with E-state index in [0.29, 0.717) is 19.0 Å². The molecule has 8 nitrogen and oxygen atoms in total. The monoisotopic (exact) mass is 487 g/mol. The van der Waals surface area contributed by atoms with Crippen molar-refractivity contribution in [3.63, 3.8) is 0 Å². The number of aryl methyl sites for hydroxylation is 2. The third-order valence-electron chi connectivity index (χ3n) is 6.71. The van der Waals surface area contributed by atoms with Gasteiger partial charge in [0.1, 0.15) is 11.4 Å². The molecule has 1 saturated heterocycles. The molecule has 1 amide bonds. The average molecular weight is 488 g/mol. The summed E-state index contributed by atoms with van der Waals surface area (Å²) in [5.74, 6) is 1.10. The van der Waals surface area contributed by atoms with E-state index in [2.05, 4.69) is 17.2 Å². The number of pyridine rings is 2. The van der Waals surface area contributed by atoms with Crippen LogP contribution in [0, 0.1) is 6.92 Å². The number of methoxy groups -OCH3 is 1. The number of fused-ring (bicyclic) bond motifs is 2. The van der Waals surface area contributed by atoms with Crippen LogP contribution in [0.3, 0.4) is 0 Å². The summed E-state index contributed by atoms with van der Waals surface area (Å²) in [6, 6.07) is 10.2. The lowest BCUT2D eigenvalue weighted by molar-refractivity contribution is 0.0204. The van der Waals surface area contributed by atoms with Gasteiger partial charge in [-0.05, 0) is 70.9 Å². The van der Waals surface area contributed by atoms with Crippen LogP contribution in [0.25, 0.3) is 33.2 Å². The van der Waals surface area contributed by atoms with Crippen molar-refractivity contribution in [2.45, 2.75) is 52.1 Å². The quantitative estimate of drug-likeness (QED) is 0.373. The Labute approximate surface area is 211 Å². The SMILES string of the molecule is COc1c(-c2ccc3nc(C4CCN(C(=O)OC(C)(C)C)CC4)ccc3n2)cc2cn(C)nc2c1C. The molecule has 1 aliphatic rings. The first kappa shape index (κ1) is 24.0. The van der Waals surface area contributed by atoms with Crippen LogP contribution in [0.15, 0.2) is 36.5 Å². The molecule has 36 heavy (non-hydrogen) atoms. The van der Waals surface area contributed by atoms with Crippen molar-refractivity contribution in [3.8, 4) is 17.0 Å². The fourth-order valence-electron chi connectivity index (χ4n) is 4.97. The first-order valence-corrected chi connectivity index (χ1v) is 12.4. The van der Waals surface area contributed by atoms with E-state index < -0.39 is 5.60 Å². The number of amides is 1. The van der Waals surface area contributed by atoms with Crippen LogP contribution in [-0.2, 0) is 11.8 Å². The van der Waals surface area contributed by atoms with E-state index in [1.165, 1.54) is 0 Å².